The molecule has 0 saturated heterocycles. The minimum absolute atomic E-state index is 0.00532. The molecule has 0 aliphatic carbocycles. The van der Waals surface area contributed by atoms with E-state index in [-0.39, 0.29) is 18.2 Å². The van der Waals surface area contributed by atoms with Gasteiger partial charge in [0.15, 0.2) is 6.61 Å². The van der Waals surface area contributed by atoms with E-state index in [1.165, 1.54) is 12.1 Å². The van der Waals surface area contributed by atoms with E-state index in [9.17, 15) is 10.1 Å². The first kappa shape index (κ1) is 15.2. The predicted molar refractivity (Wildman–Crippen MR) is 84.9 cm³/mol. The molecule has 0 atom stereocenters. The minimum Gasteiger partial charge on any atom is -0.483 e. The second kappa shape index (κ2) is 6.57. The van der Waals surface area contributed by atoms with Gasteiger partial charge in [0.1, 0.15) is 5.75 Å². The fraction of sp³-hybridized carbons (Fsp3) is 0.0667. The fourth-order valence-electron chi connectivity index (χ4n) is 1.86. The van der Waals surface area contributed by atoms with E-state index >= 15 is 0 Å². The quantitative estimate of drug-likeness (QED) is 0.494. The minimum atomic E-state index is -0.464. The van der Waals surface area contributed by atoms with Crippen molar-refractivity contribution in [1.82, 2.24) is 10.2 Å². The molecule has 0 radical (unpaired) electrons. The molecule has 0 spiro atoms. The van der Waals surface area contributed by atoms with Crippen molar-refractivity contribution in [2.75, 3.05) is 0 Å². The van der Waals surface area contributed by atoms with Gasteiger partial charge in [-0.2, -0.15) is 0 Å². The number of hydrogen-bond donors (Lipinski definition) is 0. The van der Waals surface area contributed by atoms with Crippen LogP contribution in [0.4, 0.5) is 5.69 Å². The van der Waals surface area contributed by atoms with Crippen LogP contribution in [0.1, 0.15) is 5.89 Å². The van der Waals surface area contributed by atoms with Crippen LogP contribution in [0.2, 0.25) is 0 Å². The van der Waals surface area contributed by atoms with Crippen molar-refractivity contribution in [3.8, 4) is 17.2 Å². The summed E-state index contributed by atoms with van der Waals surface area (Å²) in [5.74, 6) is 1.27. The second-order valence-electron chi connectivity index (χ2n) is 4.52. The van der Waals surface area contributed by atoms with Crippen LogP contribution in [0.3, 0.4) is 0 Å². The number of para-hydroxylation sites is 1. The molecule has 1 aromatic heterocycles. The third-order valence-corrected chi connectivity index (χ3v) is 3.63. The highest BCUT2D eigenvalue weighted by Crippen LogP contribution is 2.25. The molecule has 2 aromatic carbocycles. The molecule has 0 N–H and O–H groups in total. The first-order valence-corrected chi connectivity index (χ1v) is 7.37. The number of nitro groups is 1. The molecule has 0 aliphatic heterocycles. The molecule has 0 fully saturated rings. The first-order valence-electron chi connectivity index (χ1n) is 6.58. The zero-order valence-corrected chi connectivity index (χ0v) is 13.3. The van der Waals surface area contributed by atoms with Gasteiger partial charge in [-0.25, -0.2) is 0 Å². The van der Waals surface area contributed by atoms with Crippen molar-refractivity contribution >= 4 is 21.6 Å². The second-order valence-corrected chi connectivity index (χ2v) is 5.38. The van der Waals surface area contributed by atoms with E-state index in [4.69, 9.17) is 9.15 Å². The maximum absolute atomic E-state index is 10.6. The molecule has 0 bridgehead atoms. The largest absolute Gasteiger partial charge is 0.483 e. The van der Waals surface area contributed by atoms with Crippen molar-refractivity contribution < 1.29 is 14.1 Å². The van der Waals surface area contributed by atoms with Crippen molar-refractivity contribution in [1.29, 1.82) is 0 Å². The average molecular weight is 376 g/mol. The summed E-state index contributed by atoms with van der Waals surface area (Å²) in [7, 11) is 0. The molecule has 0 aliphatic rings. The Morgan fingerprint density at radius 1 is 1.13 bits per heavy atom. The van der Waals surface area contributed by atoms with Gasteiger partial charge in [0.2, 0.25) is 5.89 Å². The van der Waals surface area contributed by atoms with Crippen LogP contribution >= 0.6 is 15.9 Å². The molecule has 1 heterocycles. The Hall–Kier alpha value is -2.74. The highest BCUT2D eigenvalue weighted by Gasteiger charge is 2.12. The van der Waals surface area contributed by atoms with Crippen LogP contribution in [0, 0.1) is 10.1 Å². The van der Waals surface area contributed by atoms with Gasteiger partial charge >= 0.3 is 0 Å². The number of halogens is 1. The number of nitrogens with zero attached hydrogens (tertiary/aromatic N) is 3. The number of nitro benzene ring substituents is 1. The summed E-state index contributed by atoms with van der Waals surface area (Å²) < 4.78 is 11.9. The van der Waals surface area contributed by atoms with Gasteiger partial charge < -0.3 is 9.15 Å². The summed E-state index contributed by atoms with van der Waals surface area (Å²) in [5.41, 5.74) is 0.612. The lowest BCUT2D eigenvalue weighted by molar-refractivity contribution is -0.384. The summed E-state index contributed by atoms with van der Waals surface area (Å²) in [5, 5.41) is 18.5. The molecule has 3 aromatic rings. The number of ether oxygens (including phenoxy) is 1. The maximum atomic E-state index is 10.6. The molecule has 0 amide bonds. The van der Waals surface area contributed by atoms with E-state index in [0.29, 0.717) is 17.2 Å². The van der Waals surface area contributed by atoms with Crippen LogP contribution in [0.5, 0.6) is 5.75 Å². The monoisotopic (exact) mass is 375 g/mol. The molecular weight excluding hydrogens is 366 g/mol. The number of non-ortho nitro benzene ring substituents is 1. The fourth-order valence-corrected chi connectivity index (χ4v) is 2.25. The zero-order valence-electron chi connectivity index (χ0n) is 11.7. The smallest absolute Gasteiger partial charge is 0.269 e. The lowest BCUT2D eigenvalue weighted by Crippen LogP contribution is -1.96. The Kier molecular flexibility index (Phi) is 4.33. The SMILES string of the molecule is O=[N+]([O-])c1ccc(-c2nnc(COc3ccccc3Br)o2)cc1. The molecule has 0 saturated carbocycles. The standard InChI is InChI=1S/C15H10BrN3O4/c16-12-3-1-2-4-13(12)22-9-14-17-18-15(23-14)10-5-7-11(8-6-10)19(20)21/h1-8H,9H2. The van der Waals surface area contributed by atoms with E-state index in [1.807, 2.05) is 24.3 Å². The Labute approximate surface area is 139 Å². The van der Waals surface area contributed by atoms with E-state index in [1.54, 1.807) is 12.1 Å². The van der Waals surface area contributed by atoms with E-state index in [2.05, 4.69) is 26.1 Å². The Bertz CT molecular complexity index is 833. The van der Waals surface area contributed by atoms with Crippen molar-refractivity contribution in [3.05, 3.63) is 69.0 Å². The summed E-state index contributed by atoms with van der Waals surface area (Å²) >= 11 is 3.38. The van der Waals surface area contributed by atoms with Gasteiger partial charge in [-0.3, -0.25) is 10.1 Å². The lowest BCUT2D eigenvalue weighted by atomic mass is 10.2. The molecular formula is C15H10BrN3O4. The van der Waals surface area contributed by atoms with E-state index < -0.39 is 4.92 Å². The van der Waals surface area contributed by atoms with Crippen molar-refractivity contribution in [2.24, 2.45) is 0 Å². The first-order chi connectivity index (χ1) is 11.1. The van der Waals surface area contributed by atoms with Gasteiger partial charge in [0, 0.05) is 17.7 Å². The van der Waals surface area contributed by atoms with Crippen LogP contribution < -0.4 is 4.74 Å². The average Bonchev–Trinajstić information content (AvgIpc) is 3.03. The van der Waals surface area contributed by atoms with Crippen LogP contribution in [-0.2, 0) is 6.61 Å². The number of benzene rings is 2. The zero-order chi connectivity index (χ0) is 16.2. The maximum Gasteiger partial charge on any atom is 0.269 e. The van der Waals surface area contributed by atoms with Gasteiger partial charge in [0.05, 0.1) is 9.40 Å². The Balaban J connectivity index is 1.70. The third kappa shape index (κ3) is 3.54. The molecule has 7 nitrogen and oxygen atoms in total. The summed E-state index contributed by atoms with van der Waals surface area (Å²) in [6, 6.07) is 13.3. The lowest BCUT2D eigenvalue weighted by Gasteiger charge is -2.04. The van der Waals surface area contributed by atoms with E-state index in [0.717, 1.165) is 4.47 Å². The van der Waals surface area contributed by atoms with Crippen LogP contribution in [-0.4, -0.2) is 15.1 Å². The van der Waals surface area contributed by atoms with Gasteiger partial charge in [-0.1, -0.05) is 12.1 Å². The summed E-state index contributed by atoms with van der Waals surface area (Å²) in [6.45, 7) is 0.128. The van der Waals surface area contributed by atoms with Crippen molar-refractivity contribution in [2.45, 2.75) is 6.61 Å². The number of aromatic nitrogens is 2. The molecule has 0 unspecified atom stereocenters. The summed E-state index contributed by atoms with van der Waals surface area (Å²) in [4.78, 5) is 10.2. The Morgan fingerprint density at radius 3 is 2.57 bits per heavy atom. The van der Waals surface area contributed by atoms with Gasteiger partial charge in [-0.05, 0) is 40.2 Å². The molecule has 116 valence electrons. The summed E-state index contributed by atoms with van der Waals surface area (Å²) in [6.07, 6.45) is 0. The molecule has 3 rings (SSSR count). The Morgan fingerprint density at radius 2 is 1.87 bits per heavy atom. The predicted octanol–water partition coefficient (Wildman–Crippen LogP) is 3.99. The highest BCUT2D eigenvalue weighted by molar-refractivity contribution is 9.10. The van der Waals surface area contributed by atoms with Crippen LogP contribution in [0.15, 0.2) is 57.4 Å². The number of hydrogen-bond acceptors (Lipinski definition) is 6. The topological polar surface area (TPSA) is 91.3 Å². The molecule has 8 heteroatoms. The number of rotatable bonds is 5. The van der Waals surface area contributed by atoms with Gasteiger partial charge in [-0.15, -0.1) is 10.2 Å². The third-order valence-electron chi connectivity index (χ3n) is 2.98. The molecule has 23 heavy (non-hydrogen) atoms. The normalized spacial score (nSPS) is 10.5. The van der Waals surface area contributed by atoms with Crippen molar-refractivity contribution in [3.63, 3.8) is 0 Å². The highest BCUT2D eigenvalue weighted by atomic mass is 79.9. The van der Waals surface area contributed by atoms with Crippen LogP contribution in [0.25, 0.3) is 11.5 Å². The van der Waals surface area contributed by atoms with Gasteiger partial charge in [0.25, 0.3) is 11.6 Å².